The van der Waals surface area contributed by atoms with Crippen molar-refractivity contribution in [2.24, 2.45) is 0 Å². The van der Waals surface area contributed by atoms with Crippen LogP contribution in [-0.4, -0.2) is 39.7 Å². The first kappa shape index (κ1) is 16.0. The molecule has 0 radical (unpaired) electrons. The fraction of sp³-hybridized carbons (Fsp3) is 0.389. The van der Waals surface area contributed by atoms with Gasteiger partial charge in [-0.15, -0.1) is 0 Å². The van der Waals surface area contributed by atoms with Gasteiger partial charge in [-0.05, 0) is 18.6 Å². The molecule has 1 atom stereocenters. The maximum absolute atomic E-state index is 5.49. The van der Waals surface area contributed by atoms with Crippen LogP contribution in [0.4, 0.5) is 5.82 Å². The van der Waals surface area contributed by atoms with Gasteiger partial charge in [0.25, 0.3) is 0 Å². The predicted molar refractivity (Wildman–Crippen MR) is 93.4 cm³/mol. The third-order valence-corrected chi connectivity index (χ3v) is 4.28. The molecule has 1 aliphatic rings. The van der Waals surface area contributed by atoms with Crippen molar-refractivity contribution in [2.45, 2.75) is 25.5 Å². The normalized spacial score (nSPS) is 17.2. The molecule has 0 unspecified atom stereocenters. The monoisotopic (exact) mass is 339 g/mol. The van der Waals surface area contributed by atoms with Crippen LogP contribution >= 0.6 is 0 Å². The largest absolute Gasteiger partial charge is 0.381 e. The lowest BCUT2D eigenvalue weighted by molar-refractivity contribution is 0.177. The summed E-state index contributed by atoms with van der Waals surface area (Å²) < 4.78 is 12.7. The molecule has 1 saturated heterocycles. The fourth-order valence-corrected chi connectivity index (χ4v) is 3.03. The van der Waals surface area contributed by atoms with Crippen LogP contribution in [-0.2, 0) is 22.6 Å². The van der Waals surface area contributed by atoms with Crippen LogP contribution in [0.1, 0.15) is 29.6 Å². The van der Waals surface area contributed by atoms with E-state index >= 15 is 0 Å². The number of ether oxygens (including phenoxy) is 2. The number of pyridine rings is 1. The van der Waals surface area contributed by atoms with Gasteiger partial charge in [0.2, 0.25) is 0 Å². The van der Waals surface area contributed by atoms with Gasteiger partial charge in [-0.1, -0.05) is 6.07 Å². The summed E-state index contributed by atoms with van der Waals surface area (Å²) in [4.78, 5) is 13.8. The molecular weight excluding hydrogens is 318 g/mol. The van der Waals surface area contributed by atoms with Crippen LogP contribution in [0.15, 0.2) is 36.7 Å². The number of aromatic nitrogens is 4. The number of nitrogens with one attached hydrogen (secondary N) is 1. The van der Waals surface area contributed by atoms with Crippen molar-refractivity contribution in [1.82, 2.24) is 19.4 Å². The second-order valence-electron chi connectivity index (χ2n) is 6.14. The Labute approximate surface area is 146 Å². The zero-order chi connectivity index (χ0) is 17.1. The van der Waals surface area contributed by atoms with Gasteiger partial charge in [0.05, 0.1) is 24.5 Å². The summed E-state index contributed by atoms with van der Waals surface area (Å²) in [6, 6.07) is 7.97. The number of fused-ring (bicyclic) bond motifs is 1. The summed E-state index contributed by atoms with van der Waals surface area (Å²) >= 11 is 0. The first-order valence-electron chi connectivity index (χ1n) is 8.43. The molecule has 1 N–H and O–H groups in total. The van der Waals surface area contributed by atoms with Gasteiger partial charge in [0, 0.05) is 38.1 Å². The van der Waals surface area contributed by atoms with E-state index in [0.29, 0.717) is 24.9 Å². The molecule has 4 heterocycles. The van der Waals surface area contributed by atoms with Crippen LogP contribution in [0.25, 0.3) is 5.65 Å². The summed E-state index contributed by atoms with van der Waals surface area (Å²) in [5.74, 6) is 1.81. The third kappa shape index (κ3) is 3.62. The lowest BCUT2D eigenvalue weighted by Crippen LogP contribution is -2.10. The maximum Gasteiger partial charge on any atom is 0.156 e. The number of anilines is 1. The highest BCUT2D eigenvalue weighted by molar-refractivity contribution is 5.42. The topological polar surface area (TPSA) is 73.6 Å². The number of methoxy groups -OCH3 is 1. The Morgan fingerprint density at radius 1 is 1.32 bits per heavy atom. The first-order valence-corrected chi connectivity index (χ1v) is 8.43. The zero-order valence-electron chi connectivity index (χ0n) is 14.2. The van der Waals surface area contributed by atoms with Crippen molar-refractivity contribution in [1.29, 1.82) is 0 Å². The Morgan fingerprint density at radius 3 is 3.08 bits per heavy atom. The van der Waals surface area contributed by atoms with Gasteiger partial charge in [-0.2, -0.15) is 0 Å². The van der Waals surface area contributed by atoms with Crippen LogP contribution in [0.2, 0.25) is 0 Å². The summed E-state index contributed by atoms with van der Waals surface area (Å²) in [6.45, 7) is 2.50. The van der Waals surface area contributed by atoms with Gasteiger partial charge in [-0.25, -0.2) is 15.0 Å². The molecule has 0 bridgehead atoms. The molecule has 0 amide bonds. The van der Waals surface area contributed by atoms with E-state index in [1.807, 2.05) is 41.1 Å². The molecule has 0 saturated carbocycles. The van der Waals surface area contributed by atoms with Gasteiger partial charge >= 0.3 is 0 Å². The molecule has 1 fully saturated rings. The quantitative estimate of drug-likeness (QED) is 0.743. The molecule has 130 valence electrons. The lowest BCUT2D eigenvalue weighted by Gasteiger charge is -2.12. The summed E-state index contributed by atoms with van der Waals surface area (Å²) in [6.07, 6.45) is 5.01. The average molecular weight is 339 g/mol. The SMILES string of the molecule is COCc1nc(NCc2cn3ccccc3n2)cc([C@H]2CCOC2)n1. The van der Waals surface area contributed by atoms with Crippen molar-refractivity contribution >= 4 is 11.5 Å². The molecule has 3 aromatic heterocycles. The molecule has 7 nitrogen and oxygen atoms in total. The van der Waals surface area contributed by atoms with Gasteiger partial charge in [0.1, 0.15) is 18.1 Å². The maximum atomic E-state index is 5.49. The number of hydrogen-bond donors (Lipinski definition) is 1. The molecule has 25 heavy (non-hydrogen) atoms. The molecule has 4 rings (SSSR count). The van der Waals surface area contributed by atoms with Crippen molar-refractivity contribution in [3.8, 4) is 0 Å². The molecule has 0 aliphatic carbocycles. The summed E-state index contributed by atoms with van der Waals surface area (Å²) in [7, 11) is 1.65. The van der Waals surface area contributed by atoms with E-state index in [1.165, 1.54) is 0 Å². The van der Waals surface area contributed by atoms with E-state index in [1.54, 1.807) is 7.11 Å². The van der Waals surface area contributed by atoms with E-state index in [-0.39, 0.29) is 0 Å². The Morgan fingerprint density at radius 2 is 2.28 bits per heavy atom. The van der Waals surface area contributed by atoms with Crippen molar-refractivity contribution in [3.63, 3.8) is 0 Å². The van der Waals surface area contributed by atoms with Crippen LogP contribution in [0.5, 0.6) is 0 Å². The minimum absolute atomic E-state index is 0.328. The van der Waals surface area contributed by atoms with Crippen molar-refractivity contribution < 1.29 is 9.47 Å². The molecule has 0 spiro atoms. The van der Waals surface area contributed by atoms with E-state index in [4.69, 9.17) is 9.47 Å². The van der Waals surface area contributed by atoms with Crippen LogP contribution in [0.3, 0.4) is 0 Å². The van der Waals surface area contributed by atoms with Crippen molar-refractivity contribution in [3.05, 3.63) is 53.9 Å². The van der Waals surface area contributed by atoms with E-state index in [9.17, 15) is 0 Å². The first-order chi connectivity index (χ1) is 12.3. The van der Waals surface area contributed by atoms with E-state index < -0.39 is 0 Å². The van der Waals surface area contributed by atoms with Gasteiger partial charge in [-0.3, -0.25) is 0 Å². The lowest BCUT2D eigenvalue weighted by atomic mass is 10.0. The summed E-state index contributed by atoms with van der Waals surface area (Å²) in [5, 5.41) is 3.36. The second-order valence-corrected chi connectivity index (χ2v) is 6.14. The van der Waals surface area contributed by atoms with Crippen LogP contribution in [0, 0.1) is 0 Å². The number of hydrogen-bond acceptors (Lipinski definition) is 6. The highest BCUT2D eigenvalue weighted by atomic mass is 16.5. The van der Waals surface area contributed by atoms with E-state index in [0.717, 1.165) is 42.5 Å². The van der Waals surface area contributed by atoms with Gasteiger partial charge in [0.15, 0.2) is 5.82 Å². The predicted octanol–water partition coefficient (Wildman–Crippen LogP) is 2.39. The fourth-order valence-electron chi connectivity index (χ4n) is 3.03. The highest BCUT2D eigenvalue weighted by Crippen LogP contribution is 2.25. The Hall–Kier alpha value is -2.51. The second kappa shape index (κ2) is 7.16. The van der Waals surface area contributed by atoms with Crippen LogP contribution < -0.4 is 5.32 Å². The van der Waals surface area contributed by atoms with E-state index in [2.05, 4.69) is 20.3 Å². The smallest absolute Gasteiger partial charge is 0.156 e. The highest BCUT2D eigenvalue weighted by Gasteiger charge is 2.20. The molecule has 7 heteroatoms. The number of imidazole rings is 1. The zero-order valence-corrected chi connectivity index (χ0v) is 14.2. The number of nitrogens with zero attached hydrogens (tertiary/aromatic N) is 4. The van der Waals surface area contributed by atoms with Crippen molar-refractivity contribution in [2.75, 3.05) is 25.6 Å². The molecule has 1 aliphatic heterocycles. The molecular formula is C18H21N5O2. The standard InChI is InChI=1S/C18H21N5O2/c1-24-12-17-21-15(13-5-7-25-11-13)8-16(22-17)19-9-14-10-23-6-3-2-4-18(23)20-14/h2-4,6,8,10,13H,5,7,9,11-12H2,1H3,(H,19,21,22)/t13-/m0/s1. The Balaban J connectivity index is 1.53. The summed E-state index contributed by atoms with van der Waals surface area (Å²) in [5.41, 5.74) is 2.91. The Bertz CT molecular complexity index is 825. The number of rotatable bonds is 6. The Kier molecular flexibility index (Phi) is 4.58. The average Bonchev–Trinajstić information content (AvgIpc) is 3.29. The minimum Gasteiger partial charge on any atom is -0.381 e. The molecule has 0 aromatic carbocycles. The minimum atomic E-state index is 0.328. The third-order valence-electron chi connectivity index (χ3n) is 4.28. The van der Waals surface area contributed by atoms with Gasteiger partial charge < -0.3 is 19.2 Å². The molecule has 3 aromatic rings.